The van der Waals surface area contributed by atoms with Gasteiger partial charge in [-0.1, -0.05) is 0 Å². The van der Waals surface area contributed by atoms with Gasteiger partial charge >= 0.3 is 5.97 Å². The Kier molecular flexibility index (Phi) is 6.23. The second-order valence-electron chi connectivity index (χ2n) is 7.70. The van der Waals surface area contributed by atoms with E-state index in [2.05, 4.69) is 10.1 Å². The molecule has 0 aliphatic heterocycles. The van der Waals surface area contributed by atoms with Gasteiger partial charge in [0.2, 0.25) is 0 Å². The molecule has 0 fully saturated rings. The van der Waals surface area contributed by atoms with Gasteiger partial charge in [0.15, 0.2) is 11.8 Å². The highest BCUT2D eigenvalue weighted by Crippen LogP contribution is 2.20. The highest BCUT2D eigenvalue weighted by Gasteiger charge is 2.28. The fraction of sp³-hybridized carbons (Fsp3) is 0.600. The molecule has 1 amide bonds. The summed E-state index contributed by atoms with van der Waals surface area (Å²) in [7, 11) is 0. The van der Waals surface area contributed by atoms with Crippen molar-refractivity contribution in [3.05, 3.63) is 23.5 Å². The molecule has 0 spiro atoms. The summed E-state index contributed by atoms with van der Waals surface area (Å²) < 4.78 is 7.28. The maximum absolute atomic E-state index is 12.7. The van der Waals surface area contributed by atoms with Crippen molar-refractivity contribution in [2.75, 3.05) is 0 Å². The number of esters is 1. The summed E-state index contributed by atoms with van der Waals surface area (Å²) in [6.07, 6.45) is 0.822. The van der Waals surface area contributed by atoms with Crippen LogP contribution in [0.5, 0.6) is 0 Å². The predicted molar refractivity (Wildman–Crippen MR) is 105 cm³/mol. The van der Waals surface area contributed by atoms with Crippen molar-refractivity contribution in [3.63, 3.8) is 0 Å². The molecule has 7 nitrogen and oxygen atoms in total. The van der Waals surface area contributed by atoms with Crippen molar-refractivity contribution in [1.82, 2.24) is 19.7 Å². The van der Waals surface area contributed by atoms with Gasteiger partial charge in [-0.05, 0) is 61.5 Å². The van der Waals surface area contributed by atoms with Crippen molar-refractivity contribution in [2.24, 2.45) is 0 Å². The van der Waals surface area contributed by atoms with E-state index in [1.807, 2.05) is 46.2 Å². The minimum Gasteiger partial charge on any atom is -0.449 e. The molecular formula is C20H30N4O3. The number of aryl methyl sites for hydroxylation is 1. The van der Waals surface area contributed by atoms with Crippen molar-refractivity contribution in [3.8, 4) is 0 Å². The summed E-state index contributed by atoms with van der Waals surface area (Å²) in [6, 6.07) is 1.95. The van der Waals surface area contributed by atoms with Crippen molar-refractivity contribution in [2.45, 2.75) is 79.6 Å². The number of carbonyl (C=O) groups excluding carboxylic acids is 2. The molecule has 0 radical (unpaired) electrons. The van der Waals surface area contributed by atoms with Crippen LogP contribution < -0.4 is 0 Å². The van der Waals surface area contributed by atoms with Gasteiger partial charge in [0.25, 0.3) is 5.91 Å². The van der Waals surface area contributed by atoms with E-state index in [0.29, 0.717) is 11.3 Å². The summed E-state index contributed by atoms with van der Waals surface area (Å²) in [4.78, 5) is 31.6. The lowest BCUT2D eigenvalue weighted by Crippen LogP contribution is -2.47. The first kappa shape index (κ1) is 20.9. The Morgan fingerprint density at radius 2 is 1.67 bits per heavy atom. The number of hydrogen-bond donors (Lipinski definition) is 0. The summed E-state index contributed by atoms with van der Waals surface area (Å²) in [6.45, 7) is 15.2. The summed E-state index contributed by atoms with van der Waals surface area (Å²) in [5.41, 5.74) is 1.64. The number of fused-ring (bicyclic) bond motifs is 1. The standard InChI is InChI=1S/C20H30N4O3/c1-11(2)23(12(3)4)19(25)15(8)27-20(26)17-9-16-10-21-24(13(5)6)18(16)22-14(17)7/h9-13,15H,1-8H3/t15-/m0/s1. The summed E-state index contributed by atoms with van der Waals surface area (Å²) >= 11 is 0. The number of aromatic nitrogens is 3. The molecule has 0 aliphatic carbocycles. The van der Waals surface area contributed by atoms with Gasteiger partial charge in [-0.3, -0.25) is 4.79 Å². The molecule has 2 heterocycles. The van der Waals surface area contributed by atoms with Crippen LogP contribution in [0.2, 0.25) is 0 Å². The average molecular weight is 374 g/mol. The lowest BCUT2D eigenvalue weighted by molar-refractivity contribution is -0.143. The molecule has 0 bridgehead atoms. The number of rotatable bonds is 6. The smallest absolute Gasteiger partial charge is 0.340 e. The van der Waals surface area contributed by atoms with Crippen LogP contribution in [0.3, 0.4) is 0 Å². The van der Waals surface area contributed by atoms with E-state index in [0.717, 1.165) is 11.0 Å². The molecule has 148 valence electrons. The van der Waals surface area contributed by atoms with E-state index < -0.39 is 12.1 Å². The van der Waals surface area contributed by atoms with E-state index in [1.54, 1.807) is 31.0 Å². The van der Waals surface area contributed by atoms with Crippen LogP contribution in [0.25, 0.3) is 11.0 Å². The van der Waals surface area contributed by atoms with E-state index in [1.165, 1.54) is 0 Å². The Morgan fingerprint density at radius 1 is 1.07 bits per heavy atom. The van der Waals surface area contributed by atoms with Gasteiger partial charge in [0.1, 0.15) is 0 Å². The topological polar surface area (TPSA) is 77.3 Å². The van der Waals surface area contributed by atoms with Gasteiger partial charge in [-0.15, -0.1) is 0 Å². The van der Waals surface area contributed by atoms with Crippen LogP contribution in [-0.2, 0) is 9.53 Å². The van der Waals surface area contributed by atoms with Gasteiger partial charge < -0.3 is 9.64 Å². The Hall–Kier alpha value is -2.44. The Bertz CT molecular complexity index is 831. The van der Waals surface area contributed by atoms with E-state index in [-0.39, 0.29) is 24.0 Å². The normalized spacial score (nSPS) is 12.9. The largest absolute Gasteiger partial charge is 0.449 e. The zero-order valence-electron chi connectivity index (χ0n) is 17.5. The molecule has 2 aromatic heterocycles. The number of carbonyl (C=O) groups is 2. The maximum Gasteiger partial charge on any atom is 0.340 e. The molecule has 1 atom stereocenters. The third-order valence-electron chi connectivity index (χ3n) is 4.47. The molecule has 2 rings (SSSR count). The first-order valence-electron chi connectivity index (χ1n) is 9.42. The Balaban J connectivity index is 2.25. The van der Waals surface area contributed by atoms with Crippen molar-refractivity contribution >= 4 is 22.9 Å². The fourth-order valence-electron chi connectivity index (χ4n) is 3.24. The van der Waals surface area contributed by atoms with Crippen LogP contribution in [0.15, 0.2) is 12.3 Å². The number of amides is 1. The quantitative estimate of drug-likeness (QED) is 0.723. The summed E-state index contributed by atoms with van der Waals surface area (Å²) in [5, 5.41) is 5.10. The lowest BCUT2D eigenvalue weighted by Gasteiger charge is -2.32. The molecule has 7 heteroatoms. The predicted octanol–water partition coefficient (Wildman–Crippen LogP) is 3.51. The highest BCUT2D eigenvalue weighted by molar-refractivity contribution is 5.96. The summed E-state index contributed by atoms with van der Waals surface area (Å²) in [5.74, 6) is -0.750. The second kappa shape index (κ2) is 8.06. The van der Waals surface area contributed by atoms with Gasteiger partial charge in [0.05, 0.1) is 17.5 Å². The van der Waals surface area contributed by atoms with Crippen LogP contribution in [-0.4, -0.2) is 49.7 Å². The molecule has 0 unspecified atom stereocenters. The number of hydrogen-bond acceptors (Lipinski definition) is 5. The molecule has 27 heavy (non-hydrogen) atoms. The molecule has 0 saturated carbocycles. The minimum atomic E-state index is -0.865. The zero-order valence-corrected chi connectivity index (χ0v) is 17.5. The molecule has 2 aromatic rings. The van der Waals surface area contributed by atoms with Crippen LogP contribution in [0.4, 0.5) is 0 Å². The van der Waals surface area contributed by atoms with Gasteiger partial charge in [0, 0.05) is 23.5 Å². The molecular weight excluding hydrogens is 344 g/mol. The fourth-order valence-corrected chi connectivity index (χ4v) is 3.24. The first-order chi connectivity index (χ1) is 12.5. The second-order valence-corrected chi connectivity index (χ2v) is 7.70. The zero-order chi connectivity index (χ0) is 20.5. The van der Waals surface area contributed by atoms with Gasteiger partial charge in [-0.25, -0.2) is 14.5 Å². The number of pyridine rings is 1. The minimum absolute atomic E-state index is 0.0280. The van der Waals surface area contributed by atoms with Crippen LogP contribution in [0, 0.1) is 6.92 Å². The third kappa shape index (κ3) is 4.28. The van der Waals surface area contributed by atoms with E-state index >= 15 is 0 Å². The lowest BCUT2D eigenvalue weighted by atomic mass is 10.1. The maximum atomic E-state index is 12.7. The molecule has 0 aromatic carbocycles. The van der Waals surface area contributed by atoms with Crippen LogP contribution >= 0.6 is 0 Å². The number of nitrogens with zero attached hydrogens (tertiary/aromatic N) is 4. The van der Waals surface area contributed by atoms with E-state index in [4.69, 9.17) is 4.74 Å². The Labute approximate surface area is 160 Å². The van der Waals surface area contributed by atoms with Gasteiger partial charge in [-0.2, -0.15) is 5.10 Å². The highest BCUT2D eigenvalue weighted by atomic mass is 16.5. The van der Waals surface area contributed by atoms with Crippen LogP contribution in [0.1, 0.15) is 70.6 Å². The molecule has 0 saturated heterocycles. The SMILES string of the molecule is Cc1nc2c(cnn2C(C)C)cc1C(=O)O[C@@H](C)C(=O)N(C(C)C)C(C)C. The molecule has 0 N–H and O–H groups in total. The first-order valence-corrected chi connectivity index (χ1v) is 9.42. The number of ether oxygens (including phenoxy) is 1. The van der Waals surface area contributed by atoms with Crippen molar-refractivity contribution < 1.29 is 14.3 Å². The van der Waals surface area contributed by atoms with Crippen molar-refractivity contribution in [1.29, 1.82) is 0 Å². The molecule has 0 aliphatic rings. The average Bonchev–Trinajstić information content (AvgIpc) is 2.95. The Morgan fingerprint density at radius 3 is 2.19 bits per heavy atom. The van der Waals surface area contributed by atoms with E-state index in [9.17, 15) is 9.59 Å². The third-order valence-corrected chi connectivity index (χ3v) is 4.47. The monoisotopic (exact) mass is 374 g/mol.